The topological polar surface area (TPSA) is 116 Å². The standard InChI is InChI=1S/C17H19F3N8O.C6H10F2/c18-17(19,20)3-4-28-24-8-13(26-28)16(29)22-7-12-9-27-14(25-12)5-11(6-23-27)15(21)10-1-2-10;7-6(8)4-2-1-3-5-6/h5-6,8-10,15H,1-4,7,21H2,(H,22,29);1-5H2. The Labute approximate surface area is 209 Å². The number of alkyl halides is 5. The van der Waals surface area contributed by atoms with Gasteiger partial charge < -0.3 is 11.1 Å². The van der Waals surface area contributed by atoms with E-state index in [0.29, 0.717) is 30.1 Å². The van der Waals surface area contributed by atoms with Crippen LogP contribution in [-0.4, -0.2) is 47.6 Å². The van der Waals surface area contributed by atoms with Crippen LogP contribution >= 0.6 is 0 Å². The molecule has 0 bridgehead atoms. The highest BCUT2D eigenvalue weighted by atomic mass is 19.4. The van der Waals surface area contributed by atoms with Crippen molar-refractivity contribution in [3.05, 3.63) is 41.6 Å². The molecule has 9 nitrogen and oxygen atoms in total. The summed E-state index contributed by atoms with van der Waals surface area (Å²) < 4.78 is 62.7. The lowest BCUT2D eigenvalue weighted by Gasteiger charge is -2.20. The second-order valence-corrected chi connectivity index (χ2v) is 9.48. The molecule has 3 heterocycles. The highest BCUT2D eigenvalue weighted by Gasteiger charge is 2.31. The first-order valence-electron chi connectivity index (χ1n) is 12.2. The maximum absolute atomic E-state index is 12.2. The molecule has 2 aliphatic rings. The number of hydrogen-bond donors (Lipinski definition) is 2. The molecule has 1 unspecified atom stereocenters. The Morgan fingerprint density at radius 3 is 2.51 bits per heavy atom. The molecular weight excluding hydrogens is 499 g/mol. The van der Waals surface area contributed by atoms with Crippen molar-refractivity contribution in [2.24, 2.45) is 11.7 Å². The number of hydrogen-bond acceptors (Lipinski definition) is 6. The van der Waals surface area contributed by atoms with Crippen LogP contribution in [0.1, 0.15) is 79.2 Å². The molecule has 0 aromatic carbocycles. The van der Waals surface area contributed by atoms with Crippen LogP contribution < -0.4 is 11.1 Å². The zero-order chi connectivity index (χ0) is 26.6. The molecule has 1 atom stereocenters. The minimum atomic E-state index is -4.31. The summed E-state index contributed by atoms with van der Waals surface area (Å²) in [6, 6.07) is 1.83. The van der Waals surface area contributed by atoms with Crippen LogP contribution in [0, 0.1) is 5.92 Å². The molecule has 5 rings (SSSR count). The average Bonchev–Trinajstić information content (AvgIpc) is 3.43. The lowest BCUT2D eigenvalue weighted by Crippen LogP contribution is -2.23. The zero-order valence-corrected chi connectivity index (χ0v) is 20.1. The average molecular weight is 529 g/mol. The van der Waals surface area contributed by atoms with Gasteiger partial charge in [0.25, 0.3) is 5.91 Å². The van der Waals surface area contributed by atoms with Crippen LogP contribution in [0.2, 0.25) is 0 Å². The van der Waals surface area contributed by atoms with Crippen molar-refractivity contribution in [1.82, 2.24) is 34.9 Å². The van der Waals surface area contributed by atoms with Crippen LogP contribution in [0.4, 0.5) is 22.0 Å². The molecule has 3 N–H and O–H groups in total. The van der Waals surface area contributed by atoms with E-state index in [4.69, 9.17) is 5.73 Å². The summed E-state index contributed by atoms with van der Waals surface area (Å²) in [5.74, 6) is -2.37. The van der Waals surface area contributed by atoms with Gasteiger partial charge >= 0.3 is 6.18 Å². The SMILES string of the molecule is FC1(F)CCCCC1.NC(c1cnn2cc(CNC(=O)c3cnn(CCC(F)(F)F)n3)nc2c1)C1CC1. The molecule has 202 valence electrons. The second kappa shape index (κ2) is 11.1. The molecule has 2 fully saturated rings. The first-order valence-corrected chi connectivity index (χ1v) is 12.2. The van der Waals surface area contributed by atoms with E-state index in [1.165, 1.54) is 0 Å². The number of halogens is 5. The predicted molar refractivity (Wildman–Crippen MR) is 123 cm³/mol. The third-order valence-corrected chi connectivity index (χ3v) is 6.29. The molecule has 3 aromatic heterocycles. The normalized spacial score (nSPS) is 18.2. The van der Waals surface area contributed by atoms with Crippen LogP contribution in [0.5, 0.6) is 0 Å². The molecule has 37 heavy (non-hydrogen) atoms. The summed E-state index contributed by atoms with van der Waals surface area (Å²) in [7, 11) is 0. The Morgan fingerprint density at radius 1 is 1.16 bits per heavy atom. The maximum atomic E-state index is 12.2. The summed E-state index contributed by atoms with van der Waals surface area (Å²) in [5.41, 5.74) is 8.26. The van der Waals surface area contributed by atoms with Gasteiger partial charge in [-0.3, -0.25) is 4.79 Å². The number of fused-ring (bicyclic) bond motifs is 1. The van der Waals surface area contributed by atoms with Crippen molar-refractivity contribution >= 4 is 11.6 Å². The maximum Gasteiger partial charge on any atom is 0.390 e. The summed E-state index contributed by atoms with van der Waals surface area (Å²) in [4.78, 5) is 17.4. The van der Waals surface area contributed by atoms with E-state index in [0.717, 1.165) is 35.8 Å². The Kier molecular flexibility index (Phi) is 8.05. The van der Waals surface area contributed by atoms with Crippen molar-refractivity contribution in [3.63, 3.8) is 0 Å². The third kappa shape index (κ3) is 7.91. The Bertz CT molecular complexity index is 1200. The number of rotatable bonds is 7. The van der Waals surface area contributed by atoms with E-state index < -0.39 is 31.0 Å². The molecular formula is C23H29F5N8O. The van der Waals surface area contributed by atoms with Crippen molar-refractivity contribution in [3.8, 4) is 0 Å². The number of carbonyl (C=O) groups is 1. The first-order chi connectivity index (χ1) is 17.5. The molecule has 3 aromatic rings. The van der Waals surface area contributed by atoms with Crippen molar-refractivity contribution < 1.29 is 26.7 Å². The predicted octanol–water partition coefficient (Wildman–Crippen LogP) is 4.20. The van der Waals surface area contributed by atoms with E-state index in [-0.39, 0.29) is 31.1 Å². The van der Waals surface area contributed by atoms with E-state index in [2.05, 4.69) is 25.6 Å². The fourth-order valence-electron chi connectivity index (χ4n) is 4.00. The number of carbonyl (C=O) groups excluding carboxylic acids is 1. The van der Waals surface area contributed by atoms with Crippen LogP contribution in [0.3, 0.4) is 0 Å². The largest absolute Gasteiger partial charge is 0.390 e. The van der Waals surface area contributed by atoms with Crippen LogP contribution in [-0.2, 0) is 13.1 Å². The number of imidazole rings is 1. The summed E-state index contributed by atoms with van der Waals surface area (Å²) >= 11 is 0. The molecule has 2 aliphatic carbocycles. The Morgan fingerprint density at radius 2 is 1.89 bits per heavy atom. The van der Waals surface area contributed by atoms with Gasteiger partial charge in [0.2, 0.25) is 5.92 Å². The molecule has 0 radical (unpaired) electrons. The van der Waals surface area contributed by atoms with Gasteiger partial charge in [-0.25, -0.2) is 18.3 Å². The lowest BCUT2D eigenvalue weighted by atomic mass is 9.97. The summed E-state index contributed by atoms with van der Waals surface area (Å²) in [6.45, 7) is -0.332. The zero-order valence-electron chi connectivity index (χ0n) is 20.1. The van der Waals surface area contributed by atoms with Gasteiger partial charge in [-0.2, -0.15) is 28.2 Å². The summed E-state index contributed by atoms with van der Waals surface area (Å²) in [5, 5.41) is 14.4. The van der Waals surface area contributed by atoms with Crippen molar-refractivity contribution in [2.45, 2.75) is 82.6 Å². The fourth-order valence-corrected chi connectivity index (χ4v) is 4.00. The minimum absolute atomic E-state index is 0.0488. The molecule has 0 saturated heterocycles. The first kappa shape index (κ1) is 26.9. The highest BCUT2D eigenvalue weighted by molar-refractivity contribution is 5.91. The third-order valence-electron chi connectivity index (χ3n) is 6.29. The van der Waals surface area contributed by atoms with Crippen LogP contribution in [0.25, 0.3) is 5.65 Å². The van der Waals surface area contributed by atoms with Crippen molar-refractivity contribution in [1.29, 1.82) is 0 Å². The molecule has 1 amide bonds. The van der Waals surface area contributed by atoms with E-state index in [9.17, 15) is 26.7 Å². The van der Waals surface area contributed by atoms with Crippen LogP contribution in [0.15, 0.2) is 24.7 Å². The Hall–Kier alpha value is -3.16. The van der Waals surface area contributed by atoms with Crippen molar-refractivity contribution in [2.75, 3.05) is 0 Å². The monoisotopic (exact) mass is 528 g/mol. The van der Waals surface area contributed by atoms with E-state index in [1.54, 1.807) is 16.9 Å². The highest BCUT2D eigenvalue weighted by Crippen LogP contribution is 2.39. The van der Waals surface area contributed by atoms with Gasteiger partial charge in [-0.05, 0) is 43.2 Å². The Balaban J connectivity index is 0.000000342. The minimum Gasteiger partial charge on any atom is -0.345 e. The number of aryl methyl sites for hydroxylation is 1. The lowest BCUT2D eigenvalue weighted by molar-refractivity contribution is -0.137. The number of aromatic nitrogens is 6. The smallest absolute Gasteiger partial charge is 0.345 e. The molecule has 14 heteroatoms. The molecule has 2 saturated carbocycles. The van der Waals surface area contributed by atoms with Gasteiger partial charge in [0, 0.05) is 18.9 Å². The number of nitrogens with zero attached hydrogens (tertiary/aromatic N) is 6. The summed E-state index contributed by atoms with van der Waals surface area (Å²) in [6.07, 6.45) is 4.07. The second-order valence-electron chi connectivity index (χ2n) is 9.48. The van der Waals surface area contributed by atoms with Gasteiger partial charge in [-0.1, -0.05) is 6.42 Å². The van der Waals surface area contributed by atoms with Gasteiger partial charge in [-0.15, -0.1) is 5.10 Å². The fraction of sp³-hybridized carbons (Fsp3) is 0.609. The number of nitrogens with one attached hydrogen (secondary N) is 1. The molecule has 0 spiro atoms. The van der Waals surface area contributed by atoms with E-state index >= 15 is 0 Å². The molecule has 0 aliphatic heterocycles. The van der Waals surface area contributed by atoms with E-state index in [1.807, 2.05) is 6.07 Å². The number of nitrogens with two attached hydrogens (primary N) is 1. The van der Waals surface area contributed by atoms with Gasteiger partial charge in [0.05, 0.1) is 43.8 Å². The van der Waals surface area contributed by atoms with Gasteiger partial charge in [0.1, 0.15) is 0 Å². The number of amides is 1. The quantitative estimate of drug-likeness (QED) is 0.444. The van der Waals surface area contributed by atoms with Gasteiger partial charge in [0.15, 0.2) is 11.3 Å².